The zero-order valence-corrected chi connectivity index (χ0v) is 8.32. The minimum Gasteiger partial charge on any atom is -0.507 e. The number of fused-ring (bicyclic) bond motifs is 1. The zero-order valence-electron chi connectivity index (χ0n) is 7.51. The van der Waals surface area contributed by atoms with Crippen LogP contribution in [0.5, 0.6) is 5.75 Å². The maximum absolute atomic E-state index is 11.0. The fourth-order valence-corrected chi connectivity index (χ4v) is 2.16. The Hall–Kier alpha value is -1.59. The standard InChI is InChI=1S/C10H7O4S/c11-8-5-1-3-7-4-2-6-9(10(7)8)15(12,13)14/h1-4,6,11H,(H,12,13,14). The molecule has 77 valence electrons. The Morgan fingerprint density at radius 1 is 1.20 bits per heavy atom. The van der Waals surface area contributed by atoms with Crippen LogP contribution in [-0.2, 0) is 10.1 Å². The summed E-state index contributed by atoms with van der Waals surface area (Å²) in [5.74, 6) is -0.291. The highest BCUT2D eigenvalue weighted by Crippen LogP contribution is 2.29. The van der Waals surface area contributed by atoms with Gasteiger partial charge in [-0.15, -0.1) is 0 Å². The third kappa shape index (κ3) is 1.67. The van der Waals surface area contributed by atoms with Crippen molar-refractivity contribution in [3.8, 4) is 5.75 Å². The summed E-state index contributed by atoms with van der Waals surface area (Å²) in [6, 6.07) is 9.90. The maximum atomic E-state index is 11.0. The minimum absolute atomic E-state index is 0.0856. The lowest BCUT2D eigenvalue weighted by Crippen LogP contribution is -1.98. The van der Waals surface area contributed by atoms with Crippen molar-refractivity contribution in [3.05, 3.63) is 36.4 Å². The summed E-state index contributed by atoms with van der Waals surface area (Å²) >= 11 is 0. The minimum atomic E-state index is -4.33. The van der Waals surface area contributed by atoms with Gasteiger partial charge in [-0.25, -0.2) is 0 Å². The monoisotopic (exact) mass is 223 g/mol. The molecule has 5 heteroatoms. The first-order chi connectivity index (χ1) is 7.00. The van der Waals surface area contributed by atoms with Crippen LogP contribution < -0.4 is 0 Å². The van der Waals surface area contributed by atoms with Gasteiger partial charge in [0.1, 0.15) is 10.6 Å². The van der Waals surface area contributed by atoms with Crippen LogP contribution >= 0.6 is 0 Å². The van der Waals surface area contributed by atoms with E-state index in [-0.39, 0.29) is 16.0 Å². The van der Waals surface area contributed by atoms with Gasteiger partial charge in [0.25, 0.3) is 10.1 Å². The van der Waals surface area contributed by atoms with Crippen molar-refractivity contribution >= 4 is 20.9 Å². The summed E-state index contributed by atoms with van der Waals surface area (Å²) < 4.78 is 31.0. The number of rotatable bonds is 1. The summed E-state index contributed by atoms with van der Waals surface area (Å²) in [5.41, 5.74) is 0. The van der Waals surface area contributed by atoms with E-state index in [0.29, 0.717) is 5.39 Å². The lowest BCUT2D eigenvalue weighted by atomic mass is 10.1. The van der Waals surface area contributed by atoms with E-state index in [1.807, 2.05) is 0 Å². The number of aromatic hydroxyl groups is 1. The van der Waals surface area contributed by atoms with Gasteiger partial charge in [0, 0.05) is 11.5 Å². The normalized spacial score (nSPS) is 11.8. The highest BCUT2D eigenvalue weighted by Gasteiger charge is 2.15. The average Bonchev–Trinajstić information content (AvgIpc) is 2.16. The molecular formula is C10H7O4S. The Bertz CT molecular complexity index is 611. The third-order valence-corrected chi connectivity index (χ3v) is 2.95. The third-order valence-electron chi connectivity index (χ3n) is 2.06. The summed E-state index contributed by atoms with van der Waals surface area (Å²) in [5, 5.41) is 10.1. The van der Waals surface area contributed by atoms with Gasteiger partial charge >= 0.3 is 0 Å². The molecule has 2 rings (SSSR count). The molecule has 0 spiro atoms. The number of phenolic OH excluding ortho intramolecular Hbond substituents is 1. The first-order valence-electron chi connectivity index (χ1n) is 4.10. The molecule has 15 heavy (non-hydrogen) atoms. The van der Waals surface area contributed by atoms with Crippen LogP contribution in [0.25, 0.3) is 10.8 Å². The Balaban J connectivity index is 2.99. The van der Waals surface area contributed by atoms with Crippen molar-refractivity contribution in [2.24, 2.45) is 0 Å². The van der Waals surface area contributed by atoms with E-state index in [2.05, 4.69) is 6.07 Å². The molecule has 2 aromatic carbocycles. The molecule has 0 atom stereocenters. The molecular weight excluding hydrogens is 216 g/mol. The maximum Gasteiger partial charge on any atom is 0.295 e. The lowest BCUT2D eigenvalue weighted by Gasteiger charge is -2.04. The summed E-state index contributed by atoms with van der Waals surface area (Å²) in [4.78, 5) is -0.311. The number of hydrogen-bond acceptors (Lipinski definition) is 3. The van der Waals surface area contributed by atoms with Crippen molar-refractivity contribution in [1.29, 1.82) is 0 Å². The molecule has 0 saturated carbocycles. The molecule has 1 radical (unpaired) electrons. The van der Waals surface area contributed by atoms with E-state index in [1.54, 1.807) is 12.1 Å². The molecule has 0 heterocycles. The lowest BCUT2D eigenvalue weighted by molar-refractivity contribution is 0.473. The molecule has 2 N–H and O–H groups in total. The van der Waals surface area contributed by atoms with E-state index >= 15 is 0 Å². The highest BCUT2D eigenvalue weighted by molar-refractivity contribution is 7.86. The molecule has 0 unspecified atom stereocenters. The summed E-state index contributed by atoms with van der Waals surface area (Å²) in [7, 11) is -4.33. The number of phenols is 1. The number of benzene rings is 2. The molecule has 0 bridgehead atoms. The molecule has 0 aliphatic heterocycles. The molecule has 0 amide bonds. The van der Waals surface area contributed by atoms with Gasteiger partial charge in [0.05, 0.1) is 0 Å². The summed E-state index contributed by atoms with van der Waals surface area (Å²) in [6.45, 7) is 0. The van der Waals surface area contributed by atoms with Gasteiger partial charge in [-0.05, 0) is 17.5 Å². The second-order valence-corrected chi connectivity index (χ2v) is 4.41. The average molecular weight is 223 g/mol. The predicted octanol–water partition coefficient (Wildman–Crippen LogP) is 1.59. The van der Waals surface area contributed by atoms with Gasteiger partial charge in [0.15, 0.2) is 0 Å². The predicted molar refractivity (Wildman–Crippen MR) is 54.3 cm³/mol. The van der Waals surface area contributed by atoms with Crippen LogP contribution in [0.2, 0.25) is 0 Å². The molecule has 0 aliphatic carbocycles. The van der Waals surface area contributed by atoms with Gasteiger partial charge < -0.3 is 5.11 Å². The van der Waals surface area contributed by atoms with Crippen LogP contribution in [0.1, 0.15) is 0 Å². The van der Waals surface area contributed by atoms with Gasteiger partial charge in [-0.2, -0.15) is 8.42 Å². The Labute approximate surface area is 86.5 Å². The van der Waals surface area contributed by atoms with Crippen LogP contribution in [-0.4, -0.2) is 18.1 Å². The molecule has 0 fully saturated rings. The van der Waals surface area contributed by atoms with Crippen molar-refractivity contribution in [3.63, 3.8) is 0 Å². The van der Waals surface area contributed by atoms with Crippen LogP contribution in [0.4, 0.5) is 0 Å². The first-order valence-corrected chi connectivity index (χ1v) is 5.54. The molecule has 2 aromatic rings. The topological polar surface area (TPSA) is 74.6 Å². The Morgan fingerprint density at radius 2 is 1.93 bits per heavy atom. The quantitative estimate of drug-likeness (QED) is 0.720. The van der Waals surface area contributed by atoms with Gasteiger partial charge in [-0.1, -0.05) is 18.2 Å². The van der Waals surface area contributed by atoms with E-state index < -0.39 is 10.1 Å². The highest BCUT2D eigenvalue weighted by atomic mass is 32.2. The van der Waals surface area contributed by atoms with Crippen LogP contribution in [0.15, 0.2) is 35.2 Å². The Morgan fingerprint density at radius 3 is 2.60 bits per heavy atom. The van der Waals surface area contributed by atoms with Crippen LogP contribution in [0.3, 0.4) is 0 Å². The van der Waals surface area contributed by atoms with Crippen molar-refractivity contribution in [2.75, 3.05) is 0 Å². The van der Waals surface area contributed by atoms with E-state index in [9.17, 15) is 13.5 Å². The first kappa shape index (κ1) is 9.95. The van der Waals surface area contributed by atoms with Crippen molar-refractivity contribution in [1.82, 2.24) is 0 Å². The largest absolute Gasteiger partial charge is 0.507 e. The van der Waals surface area contributed by atoms with E-state index in [0.717, 1.165) is 0 Å². The summed E-state index contributed by atoms with van der Waals surface area (Å²) in [6.07, 6.45) is 0. The SMILES string of the molecule is O=S(=O)(O)c1cccc2cc[c]c(O)c12. The molecule has 0 aliphatic rings. The fourth-order valence-electron chi connectivity index (χ4n) is 1.44. The van der Waals surface area contributed by atoms with Gasteiger partial charge in [-0.3, -0.25) is 4.55 Å². The molecule has 0 saturated heterocycles. The molecule has 0 aromatic heterocycles. The molecule has 4 nitrogen and oxygen atoms in total. The van der Waals surface area contributed by atoms with E-state index in [1.165, 1.54) is 18.2 Å². The van der Waals surface area contributed by atoms with E-state index in [4.69, 9.17) is 4.55 Å². The zero-order chi connectivity index (χ0) is 11.1. The van der Waals surface area contributed by atoms with Crippen molar-refractivity contribution in [2.45, 2.75) is 4.90 Å². The van der Waals surface area contributed by atoms with Crippen LogP contribution in [0, 0.1) is 6.07 Å². The smallest absolute Gasteiger partial charge is 0.295 e. The second-order valence-electron chi connectivity index (χ2n) is 3.02. The Kier molecular flexibility index (Phi) is 2.13. The second kappa shape index (κ2) is 3.22. The van der Waals surface area contributed by atoms with Crippen molar-refractivity contribution < 1.29 is 18.1 Å². The van der Waals surface area contributed by atoms with Gasteiger partial charge in [0.2, 0.25) is 0 Å². The fraction of sp³-hybridized carbons (Fsp3) is 0. The number of hydrogen-bond donors (Lipinski definition) is 2.